The van der Waals surface area contributed by atoms with E-state index in [0.717, 1.165) is 18.8 Å². The highest BCUT2D eigenvalue weighted by Crippen LogP contribution is 2.35. The molecule has 1 aliphatic rings. The minimum absolute atomic E-state index is 0.596. The van der Waals surface area contributed by atoms with Crippen LogP contribution in [0.15, 0.2) is 12.1 Å². The first-order valence-corrected chi connectivity index (χ1v) is 6.74. The van der Waals surface area contributed by atoms with Crippen LogP contribution in [0, 0.1) is 13.8 Å². The maximum absolute atomic E-state index is 5.35. The number of benzene rings is 1. The first-order valence-electron chi connectivity index (χ1n) is 5.70. The second-order valence-corrected chi connectivity index (χ2v) is 5.55. The third-order valence-electron chi connectivity index (χ3n) is 3.06. The summed E-state index contributed by atoms with van der Waals surface area (Å²) < 4.78 is 5.35. The van der Waals surface area contributed by atoms with E-state index in [1.807, 2.05) is 11.8 Å². The van der Waals surface area contributed by atoms with Crippen LogP contribution >= 0.6 is 11.8 Å². The Morgan fingerprint density at radius 2 is 2.12 bits per heavy atom. The Balaban J connectivity index is 2.29. The lowest BCUT2D eigenvalue weighted by Gasteiger charge is -2.25. The predicted molar refractivity (Wildman–Crippen MR) is 70.5 cm³/mol. The van der Waals surface area contributed by atoms with E-state index >= 15 is 0 Å². The molecular formula is C13H19NOS. The van der Waals surface area contributed by atoms with Crippen LogP contribution in [0.25, 0.3) is 0 Å². The molecule has 0 radical (unpaired) electrons. The van der Waals surface area contributed by atoms with Crippen molar-refractivity contribution in [1.29, 1.82) is 0 Å². The molecule has 1 saturated heterocycles. The number of methoxy groups -OCH3 is 1. The van der Waals surface area contributed by atoms with Gasteiger partial charge in [-0.2, -0.15) is 11.8 Å². The fourth-order valence-electron chi connectivity index (χ4n) is 2.14. The molecule has 1 fully saturated rings. The van der Waals surface area contributed by atoms with Gasteiger partial charge in [-0.15, -0.1) is 0 Å². The highest BCUT2D eigenvalue weighted by molar-refractivity contribution is 7.99. The van der Waals surface area contributed by atoms with E-state index in [-0.39, 0.29) is 0 Å². The molecule has 0 spiro atoms. The van der Waals surface area contributed by atoms with E-state index in [4.69, 9.17) is 4.74 Å². The van der Waals surface area contributed by atoms with Crippen molar-refractivity contribution in [2.24, 2.45) is 0 Å². The predicted octanol–water partition coefficient (Wildman–Crippen LogP) is 2.69. The lowest BCUT2D eigenvalue weighted by molar-refractivity contribution is 0.411. The minimum atomic E-state index is 0.596. The molecule has 0 amide bonds. The molecule has 3 heteroatoms. The smallest absolute Gasteiger partial charge is 0.122 e. The Morgan fingerprint density at radius 3 is 2.75 bits per heavy atom. The van der Waals surface area contributed by atoms with Crippen LogP contribution in [0.3, 0.4) is 0 Å². The summed E-state index contributed by atoms with van der Waals surface area (Å²) in [6, 6.07) is 4.43. The summed E-state index contributed by atoms with van der Waals surface area (Å²) in [4.78, 5) is 0. The number of thioether (sulfide) groups is 1. The summed E-state index contributed by atoms with van der Waals surface area (Å²) in [7, 11) is 1.73. The van der Waals surface area contributed by atoms with Crippen LogP contribution in [0.2, 0.25) is 0 Å². The Kier molecular flexibility index (Phi) is 3.77. The van der Waals surface area contributed by atoms with Gasteiger partial charge in [0.15, 0.2) is 0 Å². The summed E-state index contributed by atoms with van der Waals surface area (Å²) in [6.45, 7) is 6.50. The fraction of sp³-hybridized carbons (Fsp3) is 0.538. The largest absolute Gasteiger partial charge is 0.496 e. The summed E-state index contributed by atoms with van der Waals surface area (Å²) in [6.07, 6.45) is 0. The standard InChI is InChI=1S/C13H19NOS/c1-9-7-12(15-3)10(2)6-11(9)13-8-14-4-5-16-13/h6-7,13-14H,4-5,8H2,1-3H3. The molecule has 0 aromatic heterocycles. The van der Waals surface area contributed by atoms with Gasteiger partial charge in [-0.05, 0) is 36.6 Å². The molecule has 2 nitrogen and oxygen atoms in total. The molecule has 1 heterocycles. The topological polar surface area (TPSA) is 21.3 Å². The molecular weight excluding hydrogens is 218 g/mol. The molecule has 0 bridgehead atoms. The molecule has 1 N–H and O–H groups in total. The van der Waals surface area contributed by atoms with Crippen molar-refractivity contribution in [3.05, 3.63) is 28.8 Å². The molecule has 1 atom stereocenters. The van der Waals surface area contributed by atoms with E-state index in [1.165, 1.54) is 22.4 Å². The molecule has 1 aromatic rings. The number of nitrogens with one attached hydrogen (secondary N) is 1. The normalized spacial score (nSPS) is 20.8. The Bertz CT molecular complexity index is 372. The molecule has 1 aromatic carbocycles. The van der Waals surface area contributed by atoms with Crippen molar-refractivity contribution in [2.75, 3.05) is 26.0 Å². The molecule has 1 aliphatic heterocycles. The van der Waals surface area contributed by atoms with E-state index < -0.39 is 0 Å². The molecule has 0 saturated carbocycles. The van der Waals surface area contributed by atoms with Gasteiger partial charge in [-0.3, -0.25) is 0 Å². The van der Waals surface area contributed by atoms with Gasteiger partial charge in [0.25, 0.3) is 0 Å². The van der Waals surface area contributed by atoms with E-state index in [1.54, 1.807) is 7.11 Å². The van der Waals surface area contributed by atoms with Gasteiger partial charge in [-0.1, -0.05) is 6.07 Å². The molecule has 2 rings (SSSR count). The SMILES string of the molecule is COc1cc(C)c(C2CNCCS2)cc1C. The second-order valence-electron chi connectivity index (χ2n) is 4.24. The summed E-state index contributed by atoms with van der Waals surface area (Å²) in [5.41, 5.74) is 4.02. The van der Waals surface area contributed by atoms with E-state index in [9.17, 15) is 0 Å². The van der Waals surface area contributed by atoms with Gasteiger partial charge in [-0.25, -0.2) is 0 Å². The minimum Gasteiger partial charge on any atom is -0.496 e. The third-order valence-corrected chi connectivity index (χ3v) is 4.32. The van der Waals surface area contributed by atoms with Crippen molar-refractivity contribution in [3.8, 4) is 5.75 Å². The number of hydrogen-bond donors (Lipinski definition) is 1. The van der Waals surface area contributed by atoms with Crippen LogP contribution in [0.4, 0.5) is 0 Å². The van der Waals surface area contributed by atoms with Gasteiger partial charge >= 0.3 is 0 Å². The van der Waals surface area contributed by atoms with Crippen molar-refractivity contribution in [3.63, 3.8) is 0 Å². The van der Waals surface area contributed by atoms with Gasteiger partial charge < -0.3 is 10.1 Å². The van der Waals surface area contributed by atoms with Crippen LogP contribution in [0.5, 0.6) is 5.75 Å². The van der Waals surface area contributed by atoms with Gasteiger partial charge in [0.1, 0.15) is 5.75 Å². The van der Waals surface area contributed by atoms with Crippen molar-refractivity contribution in [2.45, 2.75) is 19.1 Å². The average molecular weight is 237 g/mol. The maximum Gasteiger partial charge on any atom is 0.122 e. The highest BCUT2D eigenvalue weighted by Gasteiger charge is 2.18. The molecule has 0 aliphatic carbocycles. The summed E-state index contributed by atoms with van der Waals surface area (Å²) in [5, 5.41) is 4.05. The van der Waals surface area contributed by atoms with Gasteiger partial charge in [0.2, 0.25) is 0 Å². The maximum atomic E-state index is 5.35. The van der Waals surface area contributed by atoms with E-state index in [0.29, 0.717) is 5.25 Å². The highest BCUT2D eigenvalue weighted by atomic mass is 32.2. The third kappa shape index (κ3) is 2.36. The zero-order valence-electron chi connectivity index (χ0n) is 10.2. The summed E-state index contributed by atoms with van der Waals surface area (Å²) >= 11 is 2.05. The average Bonchev–Trinajstić information content (AvgIpc) is 2.32. The first kappa shape index (κ1) is 11.8. The van der Waals surface area contributed by atoms with Gasteiger partial charge in [0, 0.05) is 24.1 Å². The summed E-state index contributed by atoms with van der Waals surface area (Å²) in [5.74, 6) is 2.20. The first-order chi connectivity index (χ1) is 7.72. The fourth-order valence-corrected chi connectivity index (χ4v) is 3.36. The molecule has 88 valence electrons. The number of rotatable bonds is 2. The number of ether oxygens (including phenoxy) is 1. The van der Waals surface area contributed by atoms with E-state index in [2.05, 4.69) is 31.3 Å². The van der Waals surface area contributed by atoms with Crippen LogP contribution < -0.4 is 10.1 Å². The van der Waals surface area contributed by atoms with Crippen LogP contribution in [-0.4, -0.2) is 26.0 Å². The van der Waals surface area contributed by atoms with Gasteiger partial charge in [0.05, 0.1) is 7.11 Å². The molecule has 1 unspecified atom stereocenters. The lowest BCUT2D eigenvalue weighted by atomic mass is 10.0. The second kappa shape index (κ2) is 5.11. The Morgan fingerprint density at radius 1 is 1.31 bits per heavy atom. The van der Waals surface area contributed by atoms with Crippen molar-refractivity contribution >= 4 is 11.8 Å². The van der Waals surface area contributed by atoms with Crippen LogP contribution in [0.1, 0.15) is 21.9 Å². The number of aryl methyl sites for hydroxylation is 2. The Labute approximate surface area is 102 Å². The Hall–Kier alpha value is -0.670. The quantitative estimate of drug-likeness (QED) is 0.854. The van der Waals surface area contributed by atoms with Crippen molar-refractivity contribution in [1.82, 2.24) is 5.32 Å². The van der Waals surface area contributed by atoms with Crippen LogP contribution in [-0.2, 0) is 0 Å². The number of hydrogen-bond acceptors (Lipinski definition) is 3. The van der Waals surface area contributed by atoms with Crippen molar-refractivity contribution < 1.29 is 4.74 Å². The lowest BCUT2D eigenvalue weighted by Crippen LogP contribution is -2.28. The monoisotopic (exact) mass is 237 g/mol. The molecule has 16 heavy (non-hydrogen) atoms. The zero-order chi connectivity index (χ0) is 11.5. The zero-order valence-corrected chi connectivity index (χ0v) is 11.0.